The number of carbonyl (C=O) groups is 1. The summed E-state index contributed by atoms with van der Waals surface area (Å²) in [5, 5.41) is 11.8. The number of benzene rings is 1. The molecule has 1 aromatic carbocycles. The maximum absolute atomic E-state index is 13.1. The van der Waals surface area contributed by atoms with E-state index in [1.54, 1.807) is 24.1 Å². The van der Waals surface area contributed by atoms with Crippen LogP contribution in [0.15, 0.2) is 51.6 Å². The number of aromatic nitrogens is 4. The molecule has 1 aliphatic carbocycles. The third-order valence-electron chi connectivity index (χ3n) is 7.27. The van der Waals surface area contributed by atoms with E-state index < -0.39 is 0 Å². The first-order valence-corrected chi connectivity index (χ1v) is 13.3. The second kappa shape index (κ2) is 10.4. The molecular weight excluding hydrogens is 506 g/mol. The van der Waals surface area contributed by atoms with Gasteiger partial charge in [0.05, 0.1) is 5.02 Å². The summed E-state index contributed by atoms with van der Waals surface area (Å²) in [6.45, 7) is 4.19. The molecule has 38 heavy (non-hydrogen) atoms. The highest BCUT2D eigenvalue weighted by molar-refractivity contribution is 6.33. The molecule has 10 nitrogen and oxygen atoms in total. The van der Waals surface area contributed by atoms with Crippen LogP contribution < -0.4 is 10.2 Å². The molecule has 2 fully saturated rings. The van der Waals surface area contributed by atoms with E-state index in [0.29, 0.717) is 65.6 Å². The Morgan fingerprint density at radius 3 is 2.55 bits per heavy atom. The van der Waals surface area contributed by atoms with Crippen molar-refractivity contribution in [1.29, 1.82) is 0 Å². The average molecular weight is 534 g/mol. The summed E-state index contributed by atoms with van der Waals surface area (Å²) in [7, 11) is 0. The molecule has 1 saturated heterocycles. The van der Waals surface area contributed by atoms with Crippen LogP contribution in [0.1, 0.15) is 43.3 Å². The number of pyridine rings is 1. The summed E-state index contributed by atoms with van der Waals surface area (Å²) in [6, 6.07) is 11.1. The number of halogens is 1. The number of nitrogens with zero attached hydrogens (tertiary/aromatic N) is 6. The second-order valence-electron chi connectivity index (χ2n) is 9.69. The first kappa shape index (κ1) is 24.4. The smallest absolute Gasteiger partial charge is 0.322 e. The lowest BCUT2D eigenvalue weighted by molar-refractivity contribution is 0.208. The van der Waals surface area contributed by atoms with Crippen molar-refractivity contribution in [1.82, 2.24) is 25.2 Å². The minimum atomic E-state index is -0.206. The molecule has 0 spiro atoms. The number of carbonyl (C=O) groups excluding carboxylic acids is 1. The van der Waals surface area contributed by atoms with E-state index in [-0.39, 0.29) is 6.03 Å². The Kier molecular flexibility index (Phi) is 6.71. The topological polar surface area (TPSA) is 113 Å². The van der Waals surface area contributed by atoms with E-state index >= 15 is 0 Å². The number of urea groups is 1. The van der Waals surface area contributed by atoms with Gasteiger partial charge in [-0.05, 0) is 38.0 Å². The fourth-order valence-corrected chi connectivity index (χ4v) is 5.30. The molecular formula is C27H28ClN7O3. The van der Waals surface area contributed by atoms with Crippen molar-refractivity contribution in [2.45, 2.75) is 38.5 Å². The molecule has 1 saturated carbocycles. The Bertz CT molecular complexity index is 1420. The van der Waals surface area contributed by atoms with Gasteiger partial charge < -0.3 is 24.2 Å². The number of piperazine rings is 1. The lowest BCUT2D eigenvalue weighted by Crippen LogP contribution is -2.50. The molecule has 0 atom stereocenters. The number of hydrogen-bond donors (Lipinski definition) is 1. The van der Waals surface area contributed by atoms with Gasteiger partial charge in [-0.1, -0.05) is 53.0 Å². The number of hydrogen-bond acceptors (Lipinski definition) is 8. The number of nitrogens with one attached hydrogen (secondary N) is 1. The van der Waals surface area contributed by atoms with Crippen LogP contribution in [0.3, 0.4) is 0 Å². The Hall–Kier alpha value is -3.92. The number of rotatable bonds is 5. The Balaban J connectivity index is 1.07. The third-order valence-corrected chi connectivity index (χ3v) is 7.60. The van der Waals surface area contributed by atoms with Gasteiger partial charge in [-0.15, -0.1) is 0 Å². The van der Waals surface area contributed by atoms with Crippen LogP contribution >= 0.6 is 11.6 Å². The minimum Gasteiger partial charge on any atom is -0.359 e. The van der Waals surface area contributed by atoms with Crippen molar-refractivity contribution in [3.05, 3.63) is 59.3 Å². The molecule has 6 rings (SSSR count). The molecule has 1 N–H and O–H groups in total. The van der Waals surface area contributed by atoms with E-state index in [4.69, 9.17) is 20.6 Å². The van der Waals surface area contributed by atoms with Gasteiger partial charge in [0, 0.05) is 49.4 Å². The Morgan fingerprint density at radius 1 is 1.03 bits per heavy atom. The second-order valence-corrected chi connectivity index (χ2v) is 10.1. The van der Waals surface area contributed by atoms with Crippen molar-refractivity contribution in [2.24, 2.45) is 0 Å². The van der Waals surface area contributed by atoms with Crippen LogP contribution in [0.25, 0.3) is 22.6 Å². The largest absolute Gasteiger partial charge is 0.359 e. The van der Waals surface area contributed by atoms with Crippen molar-refractivity contribution < 1.29 is 13.8 Å². The minimum absolute atomic E-state index is 0.206. The zero-order valence-electron chi connectivity index (χ0n) is 21.1. The first-order valence-electron chi connectivity index (χ1n) is 12.9. The average Bonchev–Trinajstić information content (AvgIpc) is 3.72. The van der Waals surface area contributed by atoms with Gasteiger partial charge in [-0.25, -0.2) is 9.78 Å². The molecule has 3 aromatic heterocycles. The maximum Gasteiger partial charge on any atom is 0.322 e. The molecule has 4 aromatic rings. The fourth-order valence-electron chi connectivity index (χ4n) is 5.08. The molecule has 11 heteroatoms. The standard InChI is InChI=1S/C27H28ClN7O3/c1-17-23(24(32-37-17)20-8-4-5-9-21(20)28)30-27(36)35-14-12-34(13-15-35)22-11-10-19(16-29-22)25-31-26(38-33-25)18-6-2-3-7-18/h4-5,8-11,16,18H,2-3,6-7,12-15H2,1H3,(H,30,36). The Labute approximate surface area is 225 Å². The van der Waals surface area contributed by atoms with Gasteiger partial charge in [-0.3, -0.25) is 0 Å². The van der Waals surface area contributed by atoms with Crippen LogP contribution in [-0.4, -0.2) is 57.4 Å². The van der Waals surface area contributed by atoms with Crippen molar-refractivity contribution >= 4 is 29.1 Å². The van der Waals surface area contributed by atoms with Gasteiger partial charge in [-0.2, -0.15) is 4.98 Å². The van der Waals surface area contributed by atoms with Gasteiger partial charge in [0.2, 0.25) is 11.7 Å². The first-order chi connectivity index (χ1) is 18.6. The fraction of sp³-hybridized carbons (Fsp3) is 0.370. The molecule has 2 amide bonds. The summed E-state index contributed by atoms with van der Waals surface area (Å²) in [5.41, 5.74) is 2.58. The summed E-state index contributed by atoms with van der Waals surface area (Å²) in [4.78, 5) is 26.3. The Morgan fingerprint density at radius 2 is 1.82 bits per heavy atom. The highest BCUT2D eigenvalue weighted by Crippen LogP contribution is 2.35. The normalized spacial score (nSPS) is 16.3. The van der Waals surface area contributed by atoms with Crippen molar-refractivity contribution in [3.8, 4) is 22.6 Å². The van der Waals surface area contributed by atoms with Gasteiger partial charge >= 0.3 is 6.03 Å². The molecule has 4 heterocycles. The van der Waals surface area contributed by atoms with Gasteiger partial charge in [0.25, 0.3) is 0 Å². The molecule has 1 aliphatic heterocycles. The van der Waals surface area contributed by atoms with Crippen molar-refractivity contribution in [3.63, 3.8) is 0 Å². The van der Waals surface area contributed by atoms with Crippen molar-refractivity contribution in [2.75, 3.05) is 36.4 Å². The SMILES string of the molecule is Cc1onc(-c2ccccc2Cl)c1NC(=O)N1CCN(c2ccc(-c3noc(C4CCCC4)n3)cn2)CC1. The predicted molar refractivity (Wildman–Crippen MR) is 143 cm³/mol. The van der Waals surface area contributed by atoms with E-state index in [2.05, 4.69) is 30.5 Å². The quantitative estimate of drug-likeness (QED) is 0.344. The van der Waals surface area contributed by atoms with E-state index in [9.17, 15) is 4.79 Å². The highest BCUT2D eigenvalue weighted by atomic mass is 35.5. The molecule has 0 unspecified atom stereocenters. The summed E-state index contributed by atoms with van der Waals surface area (Å²) >= 11 is 6.34. The maximum atomic E-state index is 13.1. The van der Waals surface area contributed by atoms with Crippen LogP contribution in [0.2, 0.25) is 5.02 Å². The van der Waals surface area contributed by atoms with Gasteiger partial charge in [0.15, 0.2) is 5.76 Å². The summed E-state index contributed by atoms with van der Waals surface area (Å²) in [6.07, 6.45) is 6.45. The van der Waals surface area contributed by atoms with Crippen LogP contribution in [0, 0.1) is 6.92 Å². The number of aryl methyl sites for hydroxylation is 1. The van der Waals surface area contributed by atoms with Gasteiger partial charge in [0.1, 0.15) is 17.2 Å². The van der Waals surface area contributed by atoms with E-state index in [1.165, 1.54) is 12.8 Å². The third kappa shape index (κ3) is 4.83. The monoisotopic (exact) mass is 533 g/mol. The molecule has 2 aliphatic rings. The lowest BCUT2D eigenvalue weighted by Gasteiger charge is -2.35. The predicted octanol–water partition coefficient (Wildman–Crippen LogP) is 5.76. The van der Waals surface area contributed by atoms with E-state index in [0.717, 1.165) is 30.1 Å². The molecule has 196 valence electrons. The zero-order chi connectivity index (χ0) is 26.1. The molecule has 0 bridgehead atoms. The highest BCUT2D eigenvalue weighted by Gasteiger charge is 2.26. The molecule has 0 radical (unpaired) electrons. The lowest BCUT2D eigenvalue weighted by atomic mass is 10.1. The summed E-state index contributed by atoms with van der Waals surface area (Å²) < 4.78 is 10.9. The van der Waals surface area contributed by atoms with Crippen LogP contribution in [0.5, 0.6) is 0 Å². The summed E-state index contributed by atoms with van der Waals surface area (Å²) in [5.74, 6) is 3.06. The van der Waals surface area contributed by atoms with E-state index in [1.807, 2.05) is 30.3 Å². The van der Waals surface area contributed by atoms with Crippen LogP contribution in [-0.2, 0) is 0 Å². The zero-order valence-corrected chi connectivity index (χ0v) is 21.8. The number of amides is 2. The van der Waals surface area contributed by atoms with Crippen LogP contribution in [0.4, 0.5) is 16.3 Å². The number of anilines is 2.